The lowest BCUT2D eigenvalue weighted by Crippen LogP contribution is -2.64. The van der Waals surface area contributed by atoms with E-state index in [2.05, 4.69) is 49.4 Å². The smallest absolute Gasteiger partial charge is 0.339 e. The normalized spacial score (nSPS) is 19.1. The number of carbonyl (C=O) groups is 1. The molecule has 5 nitrogen and oxygen atoms in total. The van der Waals surface area contributed by atoms with Crippen molar-refractivity contribution in [2.24, 2.45) is 0 Å². The Morgan fingerprint density at radius 2 is 1.95 bits per heavy atom. The van der Waals surface area contributed by atoms with Crippen LogP contribution in [-0.2, 0) is 4.74 Å². The Kier molecular flexibility index (Phi) is 4.47. The fourth-order valence-corrected chi connectivity index (χ4v) is 3.45. The fourth-order valence-electron chi connectivity index (χ4n) is 3.45. The lowest BCUT2D eigenvalue weighted by molar-refractivity contribution is 0.0174. The van der Waals surface area contributed by atoms with Crippen LogP contribution >= 0.6 is 0 Å². The van der Waals surface area contributed by atoms with Crippen LogP contribution in [-0.4, -0.2) is 53.7 Å². The van der Waals surface area contributed by atoms with Crippen molar-refractivity contribution in [3.63, 3.8) is 0 Å². The van der Waals surface area contributed by atoms with E-state index in [0.29, 0.717) is 5.56 Å². The fraction of sp³-hybridized carbons (Fsp3) is 0.647. The van der Waals surface area contributed by atoms with Crippen molar-refractivity contribution >= 4 is 11.7 Å². The van der Waals surface area contributed by atoms with Crippen LogP contribution in [0.25, 0.3) is 0 Å². The Morgan fingerprint density at radius 3 is 2.50 bits per heavy atom. The average Bonchev–Trinajstić information content (AvgIpc) is 2.44. The van der Waals surface area contributed by atoms with Gasteiger partial charge in [-0.1, -0.05) is 0 Å². The lowest BCUT2D eigenvalue weighted by atomic mass is 9.91. The predicted octanol–water partition coefficient (Wildman–Crippen LogP) is 2.57. The van der Waals surface area contributed by atoms with E-state index >= 15 is 0 Å². The highest BCUT2D eigenvalue weighted by Gasteiger charge is 2.39. The van der Waals surface area contributed by atoms with Crippen LogP contribution in [0.1, 0.15) is 45.0 Å². The van der Waals surface area contributed by atoms with Gasteiger partial charge in [-0.25, -0.2) is 4.79 Å². The zero-order valence-corrected chi connectivity index (χ0v) is 14.5. The molecule has 0 bridgehead atoms. The van der Waals surface area contributed by atoms with Crippen molar-refractivity contribution in [2.45, 2.75) is 45.7 Å². The molecule has 122 valence electrons. The van der Waals surface area contributed by atoms with E-state index in [1.54, 1.807) is 6.20 Å². The quantitative estimate of drug-likeness (QED) is 0.786. The molecule has 1 aliphatic heterocycles. The minimum Gasteiger partial charge on any atom is -0.465 e. The number of hydrogen-bond donors (Lipinski definition) is 0. The molecule has 0 radical (unpaired) electrons. The van der Waals surface area contributed by atoms with Crippen LogP contribution in [0.2, 0.25) is 0 Å². The standard InChI is InChI=1S/C17H27N3O2/c1-16(2,3)20-8-7-19(12-17(20,4)5)14-9-13(10-18-11-14)15(21)22-6/h9-11H,7-8,12H2,1-6H3. The van der Waals surface area contributed by atoms with Gasteiger partial charge in [-0.05, 0) is 40.7 Å². The maximum absolute atomic E-state index is 11.7. The summed E-state index contributed by atoms with van der Waals surface area (Å²) in [6, 6.07) is 1.86. The molecule has 0 aromatic carbocycles. The second kappa shape index (κ2) is 5.88. The first-order chi connectivity index (χ1) is 10.1. The number of piperazine rings is 1. The second-order valence-corrected chi connectivity index (χ2v) is 7.48. The van der Waals surface area contributed by atoms with Gasteiger partial charge in [0, 0.05) is 36.9 Å². The molecule has 0 aliphatic carbocycles. The molecule has 0 N–H and O–H groups in total. The van der Waals surface area contributed by atoms with Crippen LogP contribution in [0.3, 0.4) is 0 Å². The van der Waals surface area contributed by atoms with Gasteiger partial charge in [0.05, 0.1) is 24.6 Å². The molecule has 1 aromatic heterocycles. The van der Waals surface area contributed by atoms with E-state index in [-0.39, 0.29) is 17.0 Å². The summed E-state index contributed by atoms with van der Waals surface area (Å²) in [5, 5.41) is 0. The topological polar surface area (TPSA) is 45.7 Å². The van der Waals surface area contributed by atoms with Gasteiger partial charge in [0.15, 0.2) is 0 Å². The minimum atomic E-state index is -0.345. The maximum Gasteiger partial charge on any atom is 0.339 e. The highest BCUT2D eigenvalue weighted by molar-refractivity contribution is 5.90. The van der Waals surface area contributed by atoms with Crippen molar-refractivity contribution in [1.29, 1.82) is 0 Å². The third-order valence-electron chi connectivity index (χ3n) is 4.22. The molecule has 0 saturated carbocycles. The van der Waals surface area contributed by atoms with Crippen molar-refractivity contribution in [2.75, 3.05) is 31.6 Å². The summed E-state index contributed by atoms with van der Waals surface area (Å²) < 4.78 is 4.78. The van der Waals surface area contributed by atoms with Gasteiger partial charge in [0.2, 0.25) is 0 Å². The van der Waals surface area contributed by atoms with Gasteiger partial charge in [-0.3, -0.25) is 9.88 Å². The third kappa shape index (κ3) is 3.40. The summed E-state index contributed by atoms with van der Waals surface area (Å²) in [4.78, 5) is 20.7. The van der Waals surface area contributed by atoms with Crippen LogP contribution in [0, 0.1) is 0 Å². The number of esters is 1. The summed E-state index contributed by atoms with van der Waals surface area (Å²) in [5.74, 6) is -0.345. The molecule has 0 atom stereocenters. The average molecular weight is 305 g/mol. The predicted molar refractivity (Wildman–Crippen MR) is 88.3 cm³/mol. The zero-order valence-electron chi connectivity index (χ0n) is 14.5. The van der Waals surface area contributed by atoms with E-state index in [9.17, 15) is 4.79 Å². The Bertz CT molecular complexity index is 549. The summed E-state index contributed by atoms with van der Waals surface area (Å²) >= 11 is 0. The Hall–Kier alpha value is -1.62. The van der Waals surface area contributed by atoms with Crippen molar-refractivity contribution in [3.05, 3.63) is 24.0 Å². The molecule has 1 saturated heterocycles. The summed E-state index contributed by atoms with van der Waals surface area (Å²) in [5.41, 5.74) is 1.67. The number of anilines is 1. The third-order valence-corrected chi connectivity index (χ3v) is 4.22. The van der Waals surface area contributed by atoms with E-state index in [4.69, 9.17) is 4.74 Å². The lowest BCUT2D eigenvalue weighted by Gasteiger charge is -2.53. The maximum atomic E-state index is 11.7. The zero-order chi connectivity index (χ0) is 16.5. The number of hydrogen-bond acceptors (Lipinski definition) is 5. The van der Waals surface area contributed by atoms with Crippen molar-refractivity contribution < 1.29 is 9.53 Å². The molecule has 0 unspecified atom stereocenters. The molecule has 0 spiro atoms. The van der Waals surface area contributed by atoms with E-state index < -0.39 is 0 Å². The van der Waals surface area contributed by atoms with Gasteiger partial charge in [-0.2, -0.15) is 0 Å². The first kappa shape index (κ1) is 16.7. The van der Waals surface area contributed by atoms with E-state index in [1.807, 2.05) is 12.3 Å². The first-order valence-electron chi connectivity index (χ1n) is 7.71. The summed E-state index contributed by atoms with van der Waals surface area (Å²) in [7, 11) is 1.39. The van der Waals surface area contributed by atoms with Crippen molar-refractivity contribution in [1.82, 2.24) is 9.88 Å². The Labute approximate surface area is 133 Å². The molecule has 1 fully saturated rings. The minimum absolute atomic E-state index is 0.0533. The van der Waals surface area contributed by atoms with Gasteiger partial charge in [0.1, 0.15) is 0 Å². The molecular weight excluding hydrogens is 278 g/mol. The van der Waals surface area contributed by atoms with Gasteiger partial charge >= 0.3 is 5.97 Å². The Balaban J connectivity index is 2.21. The van der Waals surface area contributed by atoms with E-state index in [1.165, 1.54) is 7.11 Å². The van der Waals surface area contributed by atoms with Crippen LogP contribution in [0.15, 0.2) is 18.5 Å². The largest absolute Gasteiger partial charge is 0.465 e. The number of nitrogens with zero attached hydrogens (tertiary/aromatic N) is 3. The molecule has 0 amide bonds. The Morgan fingerprint density at radius 1 is 1.27 bits per heavy atom. The molecule has 1 aliphatic rings. The number of rotatable bonds is 2. The SMILES string of the molecule is COC(=O)c1cncc(N2CCN(C(C)(C)C)C(C)(C)C2)c1. The summed E-state index contributed by atoms with van der Waals surface area (Å²) in [6.07, 6.45) is 3.36. The van der Waals surface area contributed by atoms with Crippen LogP contribution in [0.5, 0.6) is 0 Å². The molecule has 2 heterocycles. The van der Waals surface area contributed by atoms with Crippen LogP contribution < -0.4 is 4.90 Å². The first-order valence-corrected chi connectivity index (χ1v) is 7.71. The monoisotopic (exact) mass is 305 g/mol. The molecular formula is C17H27N3O2. The number of aromatic nitrogens is 1. The molecule has 1 aromatic rings. The second-order valence-electron chi connectivity index (χ2n) is 7.48. The molecule has 2 rings (SSSR count). The number of methoxy groups -OCH3 is 1. The number of pyridine rings is 1. The molecule has 22 heavy (non-hydrogen) atoms. The highest BCUT2D eigenvalue weighted by atomic mass is 16.5. The van der Waals surface area contributed by atoms with Gasteiger partial charge in [-0.15, -0.1) is 0 Å². The molecule has 5 heteroatoms. The summed E-state index contributed by atoms with van der Waals surface area (Å²) in [6.45, 7) is 14.1. The van der Waals surface area contributed by atoms with Gasteiger partial charge in [0.25, 0.3) is 0 Å². The van der Waals surface area contributed by atoms with E-state index in [0.717, 1.165) is 25.3 Å². The van der Waals surface area contributed by atoms with Crippen molar-refractivity contribution in [3.8, 4) is 0 Å². The highest BCUT2D eigenvalue weighted by Crippen LogP contribution is 2.31. The van der Waals surface area contributed by atoms with Gasteiger partial charge < -0.3 is 9.64 Å². The number of ether oxygens (including phenoxy) is 1. The van der Waals surface area contributed by atoms with Crippen LogP contribution in [0.4, 0.5) is 5.69 Å². The number of carbonyl (C=O) groups excluding carboxylic acids is 1.